The molecule has 0 aliphatic carbocycles. The second-order valence-electron chi connectivity index (χ2n) is 6.06. The van der Waals surface area contributed by atoms with Gasteiger partial charge in [-0.25, -0.2) is 0 Å². The van der Waals surface area contributed by atoms with E-state index in [0.29, 0.717) is 5.57 Å². The zero-order valence-corrected chi connectivity index (χ0v) is 15.5. The molecule has 0 radical (unpaired) electrons. The van der Waals surface area contributed by atoms with Gasteiger partial charge in [0, 0.05) is 5.57 Å². The molecule has 0 aliphatic rings. The van der Waals surface area contributed by atoms with Gasteiger partial charge in [0.1, 0.15) is 0 Å². The minimum atomic E-state index is -0.384. The standard InChI is InChI=1S/C22H35NO/c1-3-4-5-6-7-8-9-10-11-12-13-14-15-16-17-18-19-20-21(2)22(23)24/h12-20H,3-11H2,1-2H3,(H2,23,24)/b13-12+,15-14+,17-16+,19-18+,21-20+. The van der Waals surface area contributed by atoms with Gasteiger partial charge in [-0.1, -0.05) is 107 Å². The second-order valence-corrected chi connectivity index (χ2v) is 6.06. The maximum atomic E-state index is 10.8. The SMILES string of the molecule is CCCCCCCCCC/C=C/C=C/C=C/C=C/C=C(\C)C(N)=O. The van der Waals surface area contributed by atoms with E-state index < -0.39 is 0 Å². The summed E-state index contributed by atoms with van der Waals surface area (Å²) in [5, 5.41) is 0. The summed E-state index contributed by atoms with van der Waals surface area (Å²) in [7, 11) is 0. The number of amides is 1. The molecule has 0 bridgehead atoms. The van der Waals surface area contributed by atoms with Gasteiger partial charge in [0.05, 0.1) is 0 Å². The zero-order chi connectivity index (χ0) is 17.9. The highest BCUT2D eigenvalue weighted by molar-refractivity contribution is 5.91. The van der Waals surface area contributed by atoms with Crippen molar-refractivity contribution in [2.45, 2.75) is 71.6 Å². The van der Waals surface area contributed by atoms with E-state index in [-0.39, 0.29) is 5.91 Å². The fourth-order valence-corrected chi connectivity index (χ4v) is 2.17. The molecule has 0 aromatic carbocycles. The lowest BCUT2D eigenvalue weighted by Gasteiger charge is -1.99. The highest BCUT2D eigenvalue weighted by Crippen LogP contribution is 2.09. The molecule has 0 spiro atoms. The van der Waals surface area contributed by atoms with E-state index in [2.05, 4.69) is 19.1 Å². The monoisotopic (exact) mass is 329 g/mol. The first-order chi connectivity index (χ1) is 11.7. The maximum absolute atomic E-state index is 10.8. The minimum Gasteiger partial charge on any atom is -0.366 e. The van der Waals surface area contributed by atoms with Crippen molar-refractivity contribution >= 4 is 5.91 Å². The zero-order valence-electron chi connectivity index (χ0n) is 15.5. The van der Waals surface area contributed by atoms with E-state index in [0.717, 1.165) is 0 Å². The number of hydrogen-bond acceptors (Lipinski definition) is 1. The van der Waals surface area contributed by atoms with Crippen LogP contribution in [0.1, 0.15) is 71.6 Å². The lowest BCUT2D eigenvalue weighted by molar-refractivity contribution is -0.114. The maximum Gasteiger partial charge on any atom is 0.244 e. The molecule has 0 atom stereocenters. The van der Waals surface area contributed by atoms with Crippen molar-refractivity contribution in [3.63, 3.8) is 0 Å². The summed E-state index contributed by atoms with van der Waals surface area (Å²) in [6.45, 7) is 3.96. The predicted molar refractivity (Wildman–Crippen MR) is 107 cm³/mol. The molecule has 24 heavy (non-hydrogen) atoms. The van der Waals surface area contributed by atoms with Gasteiger partial charge in [0.15, 0.2) is 0 Å². The molecule has 134 valence electrons. The van der Waals surface area contributed by atoms with E-state index >= 15 is 0 Å². The van der Waals surface area contributed by atoms with Crippen LogP contribution in [0, 0.1) is 0 Å². The largest absolute Gasteiger partial charge is 0.366 e. The summed E-state index contributed by atoms with van der Waals surface area (Å²) < 4.78 is 0. The average Bonchev–Trinajstić information content (AvgIpc) is 2.57. The van der Waals surface area contributed by atoms with Gasteiger partial charge in [-0.2, -0.15) is 0 Å². The molecule has 0 fully saturated rings. The summed E-state index contributed by atoms with van der Waals surface area (Å²) in [5.74, 6) is -0.384. The Bertz CT molecular complexity index is 453. The van der Waals surface area contributed by atoms with Crippen LogP contribution in [0.15, 0.2) is 60.3 Å². The van der Waals surface area contributed by atoms with E-state index in [1.54, 1.807) is 13.0 Å². The number of carbonyl (C=O) groups excluding carboxylic acids is 1. The number of hydrogen-bond donors (Lipinski definition) is 1. The summed E-state index contributed by atoms with van der Waals surface area (Å²) in [6, 6.07) is 0. The van der Waals surface area contributed by atoms with Crippen LogP contribution < -0.4 is 5.73 Å². The lowest BCUT2D eigenvalue weighted by atomic mass is 10.1. The number of rotatable bonds is 14. The van der Waals surface area contributed by atoms with E-state index in [1.165, 1.54) is 57.8 Å². The topological polar surface area (TPSA) is 43.1 Å². The predicted octanol–water partition coefficient (Wildman–Crippen LogP) is 6.17. The molecule has 2 heteroatoms. The van der Waals surface area contributed by atoms with Crippen molar-refractivity contribution in [3.8, 4) is 0 Å². The van der Waals surface area contributed by atoms with E-state index in [9.17, 15) is 4.79 Å². The molecule has 0 heterocycles. The van der Waals surface area contributed by atoms with Crippen LogP contribution in [-0.4, -0.2) is 5.91 Å². The molecule has 0 aliphatic heterocycles. The molecule has 0 aromatic rings. The van der Waals surface area contributed by atoms with Crippen molar-refractivity contribution in [1.29, 1.82) is 0 Å². The third kappa shape index (κ3) is 16.5. The van der Waals surface area contributed by atoms with E-state index in [1.807, 2.05) is 36.5 Å². The molecule has 2 nitrogen and oxygen atoms in total. The number of nitrogens with two attached hydrogens (primary N) is 1. The summed E-state index contributed by atoms with van der Waals surface area (Å²) in [5.41, 5.74) is 5.68. The average molecular weight is 330 g/mol. The fourth-order valence-electron chi connectivity index (χ4n) is 2.17. The number of carbonyl (C=O) groups is 1. The molecule has 0 saturated carbocycles. The molecule has 2 N–H and O–H groups in total. The van der Waals surface area contributed by atoms with Crippen molar-refractivity contribution in [1.82, 2.24) is 0 Å². The molecule has 0 rings (SSSR count). The Hall–Kier alpha value is -1.83. The van der Waals surface area contributed by atoms with E-state index in [4.69, 9.17) is 5.73 Å². The van der Waals surface area contributed by atoms with Crippen LogP contribution in [0.25, 0.3) is 0 Å². The van der Waals surface area contributed by atoms with Crippen LogP contribution in [-0.2, 0) is 4.79 Å². The number of allylic oxidation sites excluding steroid dienone is 9. The molecule has 0 aromatic heterocycles. The van der Waals surface area contributed by atoms with Crippen molar-refractivity contribution in [2.75, 3.05) is 0 Å². The van der Waals surface area contributed by atoms with Crippen molar-refractivity contribution in [3.05, 3.63) is 60.3 Å². The first-order valence-corrected chi connectivity index (χ1v) is 9.31. The van der Waals surface area contributed by atoms with Gasteiger partial charge in [0.25, 0.3) is 0 Å². The van der Waals surface area contributed by atoms with Crippen LogP contribution in [0.3, 0.4) is 0 Å². The first-order valence-electron chi connectivity index (χ1n) is 9.31. The lowest BCUT2D eigenvalue weighted by Crippen LogP contribution is -2.11. The Kier molecular flexibility index (Phi) is 16.2. The quantitative estimate of drug-likeness (QED) is 0.231. The third-order valence-electron chi connectivity index (χ3n) is 3.76. The second kappa shape index (κ2) is 17.5. The number of primary amides is 1. The van der Waals surface area contributed by atoms with Gasteiger partial charge in [-0.3, -0.25) is 4.79 Å². The Morgan fingerprint density at radius 1 is 0.750 bits per heavy atom. The van der Waals surface area contributed by atoms with Gasteiger partial charge in [-0.05, 0) is 19.8 Å². The molecule has 0 unspecified atom stereocenters. The Morgan fingerprint density at radius 3 is 1.83 bits per heavy atom. The molecular weight excluding hydrogens is 294 g/mol. The molecule has 0 saturated heterocycles. The van der Waals surface area contributed by atoms with Crippen LogP contribution >= 0.6 is 0 Å². The van der Waals surface area contributed by atoms with Gasteiger partial charge in [0.2, 0.25) is 5.91 Å². The third-order valence-corrected chi connectivity index (χ3v) is 3.76. The Labute approximate surface area is 148 Å². The van der Waals surface area contributed by atoms with Gasteiger partial charge in [-0.15, -0.1) is 0 Å². The van der Waals surface area contributed by atoms with Crippen molar-refractivity contribution in [2.24, 2.45) is 5.73 Å². The Balaban J connectivity index is 3.58. The van der Waals surface area contributed by atoms with Gasteiger partial charge < -0.3 is 5.73 Å². The van der Waals surface area contributed by atoms with Crippen molar-refractivity contribution < 1.29 is 4.79 Å². The first kappa shape index (κ1) is 22.2. The van der Waals surface area contributed by atoms with Crippen LogP contribution in [0.2, 0.25) is 0 Å². The van der Waals surface area contributed by atoms with Gasteiger partial charge >= 0.3 is 0 Å². The molecular formula is C22H35NO. The highest BCUT2D eigenvalue weighted by Gasteiger charge is 1.92. The fraction of sp³-hybridized carbons (Fsp3) is 0.500. The summed E-state index contributed by atoms with van der Waals surface area (Å²) >= 11 is 0. The van der Waals surface area contributed by atoms with Crippen LogP contribution in [0.4, 0.5) is 0 Å². The Morgan fingerprint density at radius 2 is 1.25 bits per heavy atom. The smallest absolute Gasteiger partial charge is 0.244 e. The summed E-state index contributed by atoms with van der Waals surface area (Å²) in [6.07, 6.45) is 29.8. The normalized spacial score (nSPS) is 13.2. The number of unbranched alkanes of at least 4 members (excludes halogenated alkanes) is 8. The summed E-state index contributed by atoms with van der Waals surface area (Å²) in [4.78, 5) is 10.8. The highest BCUT2D eigenvalue weighted by atomic mass is 16.1. The molecule has 1 amide bonds. The van der Waals surface area contributed by atoms with Crippen LogP contribution in [0.5, 0.6) is 0 Å². The minimum absolute atomic E-state index is 0.384.